The first-order chi connectivity index (χ1) is 14.1. The van der Waals surface area contributed by atoms with E-state index in [4.69, 9.17) is 4.74 Å². The molecule has 3 rings (SSSR count). The highest BCUT2D eigenvalue weighted by atomic mass is 16.5. The molecule has 2 aromatic rings. The second-order valence-corrected chi connectivity index (χ2v) is 7.46. The number of pyridine rings is 1. The zero-order valence-corrected chi connectivity index (χ0v) is 17.6. The molecule has 2 heterocycles. The number of carbonyl (C=O) groups excluding carboxylic acids is 1. The van der Waals surface area contributed by atoms with Crippen molar-refractivity contribution in [3.8, 4) is 5.75 Å². The van der Waals surface area contributed by atoms with Gasteiger partial charge in [0.2, 0.25) is 0 Å². The fourth-order valence-corrected chi connectivity index (χ4v) is 3.49. The molecule has 0 aliphatic carbocycles. The van der Waals surface area contributed by atoms with Crippen LogP contribution in [0.5, 0.6) is 5.75 Å². The molecule has 1 amide bonds. The van der Waals surface area contributed by atoms with Gasteiger partial charge in [-0.05, 0) is 51.3 Å². The van der Waals surface area contributed by atoms with Crippen LogP contribution in [0.3, 0.4) is 0 Å². The van der Waals surface area contributed by atoms with E-state index in [9.17, 15) is 4.79 Å². The third-order valence-corrected chi connectivity index (χ3v) is 5.08. The molecule has 0 atom stereocenters. The number of ether oxygens (including phenoxy) is 1. The molecule has 1 aromatic carbocycles. The Morgan fingerprint density at radius 1 is 1.17 bits per heavy atom. The van der Waals surface area contributed by atoms with Crippen LogP contribution < -0.4 is 15.0 Å². The molecule has 1 aliphatic heterocycles. The average molecular weight is 398 g/mol. The number of hydrogen-bond donors (Lipinski definition) is 1. The Labute approximate surface area is 173 Å². The minimum absolute atomic E-state index is 0.0124. The highest BCUT2D eigenvalue weighted by Crippen LogP contribution is 2.28. The molecule has 1 saturated heterocycles. The molecule has 7 nitrogen and oxygen atoms in total. The number of nitrogens with zero attached hydrogens (tertiary/aromatic N) is 4. The number of aromatic nitrogens is 1. The number of rotatable bonds is 8. The summed E-state index contributed by atoms with van der Waals surface area (Å²) < 4.78 is 5.47. The lowest BCUT2D eigenvalue weighted by atomic mass is 10.2. The van der Waals surface area contributed by atoms with E-state index in [0.717, 1.165) is 49.7 Å². The summed E-state index contributed by atoms with van der Waals surface area (Å²) in [6.45, 7) is 4.77. The van der Waals surface area contributed by atoms with Gasteiger partial charge in [-0.25, -0.2) is 0 Å². The van der Waals surface area contributed by atoms with Gasteiger partial charge in [-0.1, -0.05) is 12.1 Å². The van der Waals surface area contributed by atoms with E-state index in [0.29, 0.717) is 18.8 Å². The SMILES string of the molecule is COc1ccccc1N1CCN(C(=O)c2cc(NCCCN(C)C)ccn2)CC1. The Bertz CT molecular complexity index is 803. The van der Waals surface area contributed by atoms with Gasteiger partial charge in [0.05, 0.1) is 12.8 Å². The van der Waals surface area contributed by atoms with Crippen LogP contribution >= 0.6 is 0 Å². The number of hydrogen-bond acceptors (Lipinski definition) is 6. The van der Waals surface area contributed by atoms with Crippen LogP contribution in [0.4, 0.5) is 11.4 Å². The molecule has 1 aromatic heterocycles. The molecule has 7 heteroatoms. The van der Waals surface area contributed by atoms with Gasteiger partial charge in [0.15, 0.2) is 0 Å². The van der Waals surface area contributed by atoms with Crippen LogP contribution in [0.25, 0.3) is 0 Å². The first kappa shape index (κ1) is 20.9. The number of carbonyl (C=O) groups is 1. The third-order valence-electron chi connectivity index (χ3n) is 5.08. The Balaban J connectivity index is 1.56. The van der Waals surface area contributed by atoms with E-state index in [1.54, 1.807) is 13.3 Å². The maximum atomic E-state index is 12.9. The zero-order chi connectivity index (χ0) is 20.6. The maximum Gasteiger partial charge on any atom is 0.272 e. The van der Waals surface area contributed by atoms with Gasteiger partial charge in [-0.2, -0.15) is 0 Å². The van der Waals surface area contributed by atoms with Gasteiger partial charge in [-0.3, -0.25) is 9.78 Å². The quantitative estimate of drug-likeness (QED) is 0.691. The Hall–Kier alpha value is -2.80. The summed E-state index contributed by atoms with van der Waals surface area (Å²) in [5.74, 6) is 0.851. The molecule has 0 saturated carbocycles. The predicted octanol–water partition coefficient (Wildman–Crippen LogP) is 2.42. The maximum absolute atomic E-state index is 12.9. The van der Waals surface area contributed by atoms with Gasteiger partial charge in [0.1, 0.15) is 11.4 Å². The van der Waals surface area contributed by atoms with Crippen LogP contribution in [-0.2, 0) is 0 Å². The smallest absolute Gasteiger partial charge is 0.272 e. The summed E-state index contributed by atoms with van der Waals surface area (Å²) >= 11 is 0. The van der Waals surface area contributed by atoms with Gasteiger partial charge in [0.25, 0.3) is 5.91 Å². The number of amides is 1. The van der Waals surface area contributed by atoms with Crippen molar-refractivity contribution in [2.45, 2.75) is 6.42 Å². The van der Waals surface area contributed by atoms with Crippen molar-refractivity contribution in [3.05, 3.63) is 48.3 Å². The molecule has 0 spiro atoms. The van der Waals surface area contributed by atoms with Crippen molar-refractivity contribution in [1.82, 2.24) is 14.8 Å². The van der Waals surface area contributed by atoms with E-state index >= 15 is 0 Å². The van der Waals surface area contributed by atoms with Crippen molar-refractivity contribution in [2.75, 3.05) is 70.7 Å². The normalized spacial score (nSPS) is 14.2. The minimum atomic E-state index is -0.0124. The van der Waals surface area contributed by atoms with Gasteiger partial charge >= 0.3 is 0 Å². The second-order valence-electron chi connectivity index (χ2n) is 7.46. The van der Waals surface area contributed by atoms with Crippen molar-refractivity contribution >= 4 is 17.3 Å². The van der Waals surface area contributed by atoms with E-state index in [1.165, 1.54) is 0 Å². The van der Waals surface area contributed by atoms with Crippen molar-refractivity contribution in [1.29, 1.82) is 0 Å². The fourth-order valence-electron chi connectivity index (χ4n) is 3.49. The molecule has 1 N–H and O–H groups in total. The van der Waals surface area contributed by atoms with Gasteiger partial charge < -0.3 is 24.8 Å². The van der Waals surface area contributed by atoms with Gasteiger partial charge in [-0.15, -0.1) is 0 Å². The summed E-state index contributed by atoms with van der Waals surface area (Å²) in [6, 6.07) is 11.8. The standard InChI is InChI=1S/C22H31N5O2/c1-25(2)12-6-10-23-18-9-11-24-19(17-18)22(28)27-15-13-26(14-16-27)20-7-4-5-8-21(20)29-3/h4-5,7-9,11,17H,6,10,12-16H2,1-3H3,(H,23,24). The third kappa shape index (κ3) is 5.60. The molecule has 1 aliphatic rings. The van der Waals surface area contributed by atoms with Crippen LogP contribution in [0, 0.1) is 0 Å². The van der Waals surface area contributed by atoms with Crippen LogP contribution in [0.2, 0.25) is 0 Å². The summed E-state index contributed by atoms with van der Waals surface area (Å²) in [5, 5.41) is 3.38. The first-order valence-corrected chi connectivity index (χ1v) is 10.1. The van der Waals surface area contributed by atoms with Crippen LogP contribution in [-0.4, -0.2) is 81.2 Å². The van der Waals surface area contributed by atoms with Crippen molar-refractivity contribution < 1.29 is 9.53 Å². The number of nitrogens with one attached hydrogen (secondary N) is 1. The average Bonchev–Trinajstić information content (AvgIpc) is 2.76. The highest BCUT2D eigenvalue weighted by molar-refractivity contribution is 5.93. The number of anilines is 2. The highest BCUT2D eigenvalue weighted by Gasteiger charge is 2.24. The molecule has 29 heavy (non-hydrogen) atoms. The monoisotopic (exact) mass is 397 g/mol. The van der Waals surface area contributed by atoms with Crippen LogP contribution in [0.15, 0.2) is 42.6 Å². The van der Waals surface area contributed by atoms with E-state index in [-0.39, 0.29) is 5.91 Å². The predicted molar refractivity (Wildman–Crippen MR) is 117 cm³/mol. The molecular formula is C22H31N5O2. The number of para-hydroxylation sites is 2. The summed E-state index contributed by atoms with van der Waals surface area (Å²) in [4.78, 5) is 23.5. The zero-order valence-electron chi connectivity index (χ0n) is 17.6. The molecule has 156 valence electrons. The minimum Gasteiger partial charge on any atom is -0.495 e. The van der Waals surface area contributed by atoms with E-state index in [2.05, 4.69) is 40.3 Å². The summed E-state index contributed by atoms with van der Waals surface area (Å²) in [7, 11) is 5.82. The Morgan fingerprint density at radius 3 is 2.66 bits per heavy atom. The fraction of sp³-hybridized carbons (Fsp3) is 0.455. The second kappa shape index (κ2) is 10.1. The molecule has 0 unspecified atom stereocenters. The molecule has 1 fully saturated rings. The molecule has 0 radical (unpaired) electrons. The number of benzene rings is 1. The molecular weight excluding hydrogens is 366 g/mol. The largest absolute Gasteiger partial charge is 0.495 e. The van der Waals surface area contributed by atoms with Gasteiger partial charge in [0, 0.05) is 44.6 Å². The topological polar surface area (TPSA) is 60.9 Å². The summed E-state index contributed by atoms with van der Waals surface area (Å²) in [6.07, 6.45) is 2.75. The van der Waals surface area contributed by atoms with Crippen molar-refractivity contribution in [3.63, 3.8) is 0 Å². The Morgan fingerprint density at radius 2 is 1.93 bits per heavy atom. The van der Waals surface area contributed by atoms with Crippen molar-refractivity contribution in [2.24, 2.45) is 0 Å². The lowest BCUT2D eigenvalue weighted by Gasteiger charge is -2.36. The summed E-state index contributed by atoms with van der Waals surface area (Å²) in [5.41, 5.74) is 2.51. The number of piperazine rings is 1. The van der Waals surface area contributed by atoms with E-state index < -0.39 is 0 Å². The van der Waals surface area contributed by atoms with Crippen LogP contribution in [0.1, 0.15) is 16.9 Å². The van der Waals surface area contributed by atoms with E-state index in [1.807, 2.05) is 35.2 Å². The first-order valence-electron chi connectivity index (χ1n) is 10.1. The number of methoxy groups -OCH3 is 1. The molecule has 0 bridgehead atoms. The Kier molecular flexibility index (Phi) is 7.30. The lowest BCUT2D eigenvalue weighted by Crippen LogP contribution is -2.49. The lowest BCUT2D eigenvalue weighted by molar-refractivity contribution is 0.0741.